The van der Waals surface area contributed by atoms with Crippen molar-refractivity contribution in [3.8, 4) is 0 Å². The largest absolute Gasteiger partial charge is 0.478 e. The van der Waals surface area contributed by atoms with Gasteiger partial charge < -0.3 is 5.11 Å². The predicted molar refractivity (Wildman–Crippen MR) is 55.3 cm³/mol. The Morgan fingerprint density at radius 1 is 1.44 bits per heavy atom. The summed E-state index contributed by atoms with van der Waals surface area (Å²) in [4.78, 5) is 10.7. The van der Waals surface area contributed by atoms with Crippen molar-refractivity contribution in [2.45, 2.75) is 24.2 Å². The molecule has 0 aliphatic heterocycles. The van der Waals surface area contributed by atoms with Gasteiger partial charge in [-0.3, -0.25) is 4.55 Å². The molecule has 5 nitrogen and oxygen atoms in total. The zero-order chi connectivity index (χ0) is 12.1. The van der Waals surface area contributed by atoms with Crippen LogP contribution >= 0.6 is 0 Å². The number of fused-ring (bicyclic) bond motifs is 2. The van der Waals surface area contributed by atoms with Crippen LogP contribution in [0, 0.1) is 0 Å². The molecule has 2 bridgehead atoms. The third-order valence-corrected chi connectivity index (χ3v) is 3.82. The molecule has 1 aromatic rings. The first-order valence-electron chi connectivity index (χ1n) is 4.69. The van der Waals surface area contributed by atoms with Gasteiger partial charge in [0, 0.05) is 0 Å². The van der Waals surface area contributed by atoms with Gasteiger partial charge in [0.15, 0.2) is 0 Å². The lowest BCUT2D eigenvalue weighted by atomic mass is 10.1. The quantitative estimate of drug-likeness (QED) is 0.762. The van der Waals surface area contributed by atoms with Crippen molar-refractivity contribution in [2.24, 2.45) is 0 Å². The molecule has 0 radical (unpaired) electrons. The SMILES string of the molecule is CC1Cc2c(C(=O)O)ccc1c2S(=O)(=O)O. The van der Waals surface area contributed by atoms with E-state index in [9.17, 15) is 13.2 Å². The van der Waals surface area contributed by atoms with Crippen molar-refractivity contribution in [2.75, 3.05) is 0 Å². The Bertz CT molecular complexity index is 573. The third-order valence-electron chi connectivity index (χ3n) is 2.82. The lowest BCUT2D eigenvalue weighted by molar-refractivity contribution is 0.0695. The Balaban J connectivity index is 2.80. The van der Waals surface area contributed by atoms with Crippen molar-refractivity contribution in [3.05, 3.63) is 28.8 Å². The Morgan fingerprint density at radius 2 is 2.06 bits per heavy atom. The number of hydrogen-bond donors (Lipinski definition) is 2. The second-order valence-electron chi connectivity index (χ2n) is 3.90. The Labute approximate surface area is 92.5 Å². The monoisotopic (exact) mass is 242 g/mol. The van der Waals surface area contributed by atoms with Gasteiger partial charge in [-0.2, -0.15) is 8.42 Å². The first kappa shape index (κ1) is 11.1. The normalized spacial score (nSPS) is 18.8. The van der Waals surface area contributed by atoms with Crippen molar-refractivity contribution in [3.63, 3.8) is 0 Å². The van der Waals surface area contributed by atoms with E-state index in [0.717, 1.165) is 0 Å². The van der Waals surface area contributed by atoms with Crippen molar-refractivity contribution in [1.82, 2.24) is 0 Å². The van der Waals surface area contributed by atoms with E-state index in [2.05, 4.69) is 0 Å². The van der Waals surface area contributed by atoms with Crippen LogP contribution in [-0.4, -0.2) is 24.0 Å². The predicted octanol–water partition coefficient (Wildman–Crippen LogP) is 1.29. The summed E-state index contributed by atoms with van der Waals surface area (Å²) in [6.45, 7) is 1.79. The maximum absolute atomic E-state index is 11.2. The third kappa shape index (κ3) is 1.50. The van der Waals surface area contributed by atoms with Crippen LogP contribution in [-0.2, 0) is 16.5 Å². The number of carbonyl (C=O) groups is 1. The molecule has 1 atom stereocenters. The van der Waals surface area contributed by atoms with Gasteiger partial charge in [-0.05, 0) is 29.5 Å². The molecule has 0 fully saturated rings. The van der Waals surface area contributed by atoms with Gasteiger partial charge in [0.2, 0.25) is 0 Å². The lowest BCUT2D eigenvalue weighted by Crippen LogP contribution is -2.07. The Morgan fingerprint density at radius 3 is 2.56 bits per heavy atom. The number of hydrogen-bond acceptors (Lipinski definition) is 3. The van der Waals surface area contributed by atoms with E-state index in [4.69, 9.17) is 9.66 Å². The number of rotatable bonds is 2. The molecule has 0 saturated carbocycles. The highest BCUT2D eigenvalue weighted by atomic mass is 32.2. The van der Waals surface area contributed by atoms with E-state index >= 15 is 0 Å². The second kappa shape index (κ2) is 3.29. The van der Waals surface area contributed by atoms with Crippen molar-refractivity contribution in [1.29, 1.82) is 0 Å². The molecule has 86 valence electrons. The van der Waals surface area contributed by atoms with Crippen LogP contribution < -0.4 is 0 Å². The molecule has 1 unspecified atom stereocenters. The van der Waals surface area contributed by atoms with E-state index in [1.54, 1.807) is 6.92 Å². The molecule has 6 heteroatoms. The Hall–Kier alpha value is -1.40. The summed E-state index contributed by atoms with van der Waals surface area (Å²) >= 11 is 0. The summed E-state index contributed by atoms with van der Waals surface area (Å²) in [6, 6.07) is 2.83. The molecule has 2 rings (SSSR count). The summed E-state index contributed by atoms with van der Waals surface area (Å²) in [5, 5.41) is 8.92. The molecule has 1 aliphatic rings. The molecule has 0 amide bonds. The fourth-order valence-electron chi connectivity index (χ4n) is 2.16. The smallest absolute Gasteiger partial charge is 0.336 e. The van der Waals surface area contributed by atoms with Crippen LogP contribution in [0.3, 0.4) is 0 Å². The number of benzene rings is 1. The highest BCUT2D eigenvalue weighted by molar-refractivity contribution is 7.86. The Kier molecular flexibility index (Phi) is 2.28. The first-order valence-corrected chi connectivity index (χ1v) is 6.13. The number of aromatic carboxylic acids is 1. The highest BCUT2D eigenvalue weighted by Gasteiger charge is 2.33. The van der Waals surface area contributed by atoms with Gasteiger partial charge in [0.25, 0.3) is 10.1 Å². The summed E-state index contributed by atoms with van der Waals surface area (Å²) in [6.07, 6.45) is 0.332. The van der Waals surface area contributed by atoms with Crippen LogP contribution in [0.15, 0.2) is 17.0 Å². The molecule has 0 spiro atoms. The molecule has 16 heavy (non-hydrogen) atoms. The maximum atomic E-state index is 11.2. The zero-order valence-electron chi connectivity index (χ0n) is 8.47. The van der Waals surface area contributed by atoms with Crippen LogP contribution in [0.4, 0.5) is 0 Å². The molecule has 0 heterocycles. The van der Waals surface area contributed by atoms with E-state index < -0.39 is 16.1 Å². The first-order chi connectivity index (χ1) is 7.32. The molecule has 0 aromatic heterocycles. The molecule has 2 N–H and O–H groups in total. The van der Waals surface area contributed by atoms with Crippen LogP contribution in [0.5, 0.6) is 0 Å². The van der Waals surface area contributed by atoms with Crippen LogP contribution in [0.1, 0.15) is 34.3 Å². The van der Waals surface area contributed by atoms with Gasteiger partial charge in [-0.1, -0.05) is 13.0 Å². The lowest BCUT2D eigenvalue weighted by Gasteiger charge is -2.05. The number of carboxylic acids is 1. The topological polar surface area (TPSA) is 91.7 Å². The van der Waals surface area contributed by atoms with E-state index in [0.29, 0.717) is 12.0 Å². The summed E-state index contributed by atoms with van der Waals surface area (Å²) < 4.78 is 31.5. The summed E-state index contributed by atoms with van der Waals surface area (Å²) in [5.41, 5.74) is 0.642. The van der Waals surface area contributed by atoms with Crippen LogP contribution in [0.25, 0.3) is 0 Å². The highest BCUT2D eigenvalue weighted by Crippen LogP contribution is 2.39. The van der Waals surface area contributed by atoms with Gasteiger partial charge in [0.1, 0.15) is 4.90 Å². The van der Waals surface area contributed by atoms with E-state index in [-0.39, 0.29) is 21.9 Å². The van der Waals surface area contributed by atoms with Gasteiger partial charge >= 0.3 is 5.97 Å². The van der Waals surface area contributed by atoms with Crippen LogP contribution in [0.2, 0.25) is 0 Å². The fraction of sp³-hybridized carbons (Fsp3) is 0.300. The molecular formula is C10H10O5S. The minimum Gasteiger partial charge on any atom is -0.478 e. The maximum Gasteiger partial charge on any atom is 0.336 e. The molecule has 0 saturated heterocycles. The fourth-order valence-corrected chi connectivity index (χ4v) is 3.23. The zero-order valence-corrected chi connectivity index (χ0v) is 9.28. The second-order valence-corrected chi connectivity index (χ2v) is 5.25. The standard InChI is InChI=1S/C10H10O5S/c1-5-4-8-7(10(11)12)3-2-6(5)9(8)16(13,14)15/h2-3,5H,4H2,1H3,(H,11,12)(H,13,14,15). The molecule has 1 aliphatic carbocycles. The van der Waals surface area contributed by atoms with Gasteiger partial charge in [-0.15, -0.1) is 0 Å². The average molecular weight is 242 g/mol. The number of carboxylic acid groups (broad SMARTS) is 1. The van der Waals surface area contributed by atoms with E-state index in [1.165, 1.54) is 12.1 Å². The minimum atomic E-state index is -4.35. The van der Waals surface area contributed by atoms with Gasteiger partial charge in [-0.25, -0.2) is 4.79 Å². The van der Waals surface area contributed by atoms with Crippen molar-refractivity contribution < 1.29 is 22.9 Å². The summed E-state index contributed by atoms with van der Waals surface area (Å²) in [5.74, 6) is -1.26. The average Bonchev–Trinajstić information content (AvgIpc) is 2.36. The van der Waals surface area contributed by atoms with E-state index in [1.807, 2.05) is 0 Å². The van der Waals surface area contributed by atoms with Crippen molar-refractivity contribution >= 4 is 16.1 Å². The molecular weight excluding hydrogens is 232 g/mol. The van der Waals surface area contributed by atoms with Gasteiger partial charge in [0.05, 0.1) is 5.56 Å². The molecule has 1 aromatic carbocycles. The minimum absolute atomic E-state index is 0.0549. The summed E-state index contributed by atoms with van der Waals surface area (Å²) in [7, 11) is -4.35.